The first-order chi connectivity index (χ1) is 12.3. The van der Waals surface area contributed by atoms with Crippen LogP contribution in [0.5, 0.6) is 0 Å². The second-order valence-corrected chi connectivity index (χ2v) is 7.98. The van der Waals surface area contributed by atoms with Gasteiger partial charge >= 0.3 is 12.1 Å². The van der Waals surface area contributed by atoms with Gasteiger partial charge in [-0.1, -0.05) is 31.9 Å². The van der Waals surface area contributed by atoms with E-state index in [0.717, 1.165) is 51.4 Å². The normalized spacial score (nSPS) is 22.7. The summed E-state index contributed by atoms with van der Waals surface area (Å²) in [6.07, 6.45) is 12.3. The van der Waals surface area contributed by atoms with Crippen LogP contribution >= 0.6 is 0 Å². The lowest BCUT2D eigenvalue weighted by Crippen LogP contribution is -2.45. The maximum Gasteiger partial charge on any atom is 0.410 e. The topological polar surface area (TPSA) is 55.8 Å². The fraction of sp³-hybridized carbons (Fsp3) is 0.810. The summed E-state index contributed by atoms with van der Waals surface area (Å²) in [4.78, 5) is 26.4. The third-order valence-electron chi connectivity index (χ3n) is 4.36. The molecule has 5 nitrogen and oxygen atoms in total. The maximum atomic E-state index is 12.7. The van der Waals surface area contributed by atoms with Crippen LogP contribution in [0.1, 0.15) is 85.5 Å². The number of carbonyl (C=O) groups is 2. The van der Waals surface area contributed by atoms with Gasteiger partial charge in [0.2, 0.25) is 0 Å². The van der Waals surface area contributed by atoms with Crippen LogP contribution in [0.3, 0.4) is 0 Å². The van der Waals surface area contributed by atoms with Crippen LogP contribution in [0, 0.1) is 0 Å². The molecule has 26 heavy (non-hydrogen) atoms. The zero-order valence-electron chi connectivity index (χ0n) is 17.1. The van der Waals surface area contributed by atoms with Gasteiger partial charge in [0.25, 0.3) is 0 Å². The van der Waals surface area contributed by atoms with Crippen molar-refractivity contribution in [1.82, 2.24) is 4.90 Å². The van der Waals surface area contributed by atoms with Crippen molar-refractivity contribution in [2.75, 3.05) is 13.2 Å². The van der Waals surface area contributed by atoms with E-state index in [2.05, 4.69) is 19.1 Å². The minimum Gasteiger partial charge on any atom is -0.464 e. The highest BCUT2D eigenvalue weighted by atomic mass is 16.6. The number of carbonyl (C=O) groups excluding carboxylic acids is 2. The van der Waals surface area contributed by atoms with Gasteiger partial charge in [-0.3, -0.25) is 4.79 Å². The van der Waals surface area contributed by atoms with E-state index in [1.165, 1.54) is 0 Å². The van der Waals surface area contributed by atoms with Crippen molar-refractivity contribution in [2.45, 2.75) is 97.1 Å². The van der Waals surface area contributed by atoms with Crippen LogP contribution in [0.15, 0.2) is 12.2 Å². The van der Waals surface area contributed by atoms with Gasteiger partial charge in [-0.2, -0.15) is 0 Å². The molecule has 150 valence electrons. The summed E-state index contributed by atoms with van der Waals surface area (Å²) in [7, 11) is 0. The quantitative estimate of drug-likeness (QED) is 0.495. The van der Waals surface area contributed by atoms with Gasteiger partial charge in [0.05, 0.1) is 6.54 Å². The zero-order valence-corrected chi connectivity index (χ0v) is 17.1. The van der Waals surface area contributed by atoms with Crippen molar-refractivity contribution >= 4 is 12.1 Å². The summed E-state index contributed by atoms with van der Waals surface area (Å²) >= 11 is 0. The van der Waals surface area contributed by atoms with E-state index in [9.17, 15) is 9.59 Å². The van der Waals surface area contributed by atoms with E-state index < -0.39 is 5.60 Å². The number of esters is 1. The van der Waals surface area contributed by atoms with Gasteiger partial charge in [-0.15, -0.1) is 0 Å². The Morgan fingerprint density at radius 3 is 2.58 bits per heavy atom. The highest BCUT2D eigenvalue weighted by Crippen LogP contribution is 2.19. The van der Waals surface area contributed by atoms with Gasteiger partial charge < -0.3 is 14.4 Å². The molecular weight excluding hydrogens is 330 g/mol. The van der Waals surface area contributed by atoms with E-state index in [-0.39, 0.29) is 24.7 Å². The lowest BCUT2D eigenvalue weighted by atomic mass is 10.0. The molecule has 1 rings (SSSR count). The SMILES string of the molecule is CCCC1CCCC/C=C\CCCC(=O)OCCN1C(=O)OC(C)(C)C. The van der Waals surface area contributed by atoms with Crippen molar-refractivity contribution in [2.24, 2.45) is 0 Å². The van der Waals surface area contributed by atoms with Gasteiger partial charge in [0.1, 0.15) is 12.2 Å². The van der Waals surface area contributed by atoms with Gasteiger partial charge in [-0.05, 0) is 59.3 Å². The number of hydrogen-bond donors (Lipinski definition) is 0. The highest BCUT2D eigenvalue weighted by molar-refractivity contribution is 5.70. The lowest BCUT2D eigenvalue weighted by Gasteiger charge is -2.33. The van der Waals surface area contributed by atoms with Crippen molar-refractivity contribution in [3.8, 4) is 0 Å². The number of allylic oxidation sites excluding steroid dienone is 2. The molecule has 0 aliphatic carbocycles. The number of hydrogen-bond acceptors (Lipinski definition) is 4. The molecule has 0 fully saturated rings. The minimum absolute atomic E-state index is 0.127. The van der Waals surface area contributed by atoms with E-state index in [4.69, 9.17) is 9.47 Å². The van der Waals surface area contributed by atoms with Crippen LogP contribution in [-0.2, 0) is 14.3 Å². The molecule has 1 amide bonds. The number of nitrogens with zero attached hydrogens (tertiary/aromatic N) is 1. The molecule has 5 heteroatoms. The van der Waals surface area contributed by atoms with Crippen LogP contribution < -0.4 is 0 Å². The number of ether oxygens (including phenoxy) is 2. The van der Waals surface area contributed by atoms with Crippen LogP contribution in [0.4, 0.5) is 4.79 Å². The van der Waals surface area contributed by atoms with Crippen LogP contribution in [0.2, 0.25) is 0 Å². The fourth-order valence-electron chi connectivity index (χ4n) is 3.10. The van der Waals surface area contributed by atoms with Gasteiger partial charge in [0, 0.05) is 12.5 Å². The molecular formula is C21H37NO4. The summed E-state index contributed by atoms with van der Waals surface area (Å²) in [6.45, 7) is 8.38. The Labute approximate surface area is 159 Å². The summed E-state index contributed by atoms with van der Waals surface area (Å²) in [5.74, 6) is -0.190. The predicted molar refractivity (Wildman–Crippen MR) is 104 cm³/mol. The number of amides is 1. The molecule has 0 aromatic rings. The third-order valence-corrected chi connectivity index (χ3v) is 4.36. The maximum absolute atomic E-state index is 12.7. The lowest BCUT2D eigenvalue weighted by molar-refractivity contribution is -0.144. The first-order valence-corrected chi connectivity index (χ1v) is 10.1. The van der Waals surface area contributed by atoms with E-state index in [1.54, 1.807) is 4.90 Å². The molecule has 0 bridgehead atoms. The first-order valence-electron chi connectivity index (χ1n) is 10.1. The number of cyclic esters (lactones) is 1. The Morgan fingerprint density at radius 1 is 1.23 bits per heavy atom. The molecule has 0 spiro atoms. The predicted octanol–water partition coefficient (Wildman–Crippen LogP) is 5.24. The monoisotopic (exact) mass is 367 g/mol. The molecule has 1 aliphatic heterocycles. The molecule has 1 heterocycles. The Morgan fingerprint density at radius 2 is 1.92 bits per heavy atom. The van der Waals surface area contributed by atoms with E-state index in [0.29, 0.717) is 13.0 Å². The summed E-state index contributed by atoms with van der Waals surface area (Å²) in [5.41, 5.74) is -0.535. The summed E-state index contributed by atoms with van der Waals surface area (Å²) < 4.78 is 10.9. The van der Waals surface area contributed by atoms with E-state index in [1.807, 2.05) is 20.8 Å². The van der Waals surface area contributed by atoms with Crippen molar-refractivity contribution in [1.29, 1.82) is 0 Å². The molecule has 0 N–H and O–H groups in total. The zero-order chi connectivity index (χ0) is 19.4. The Bertz CT molecular complexity index is 453. The third kappa shape index (κ3) is 9.83. The first kappa shape index (κ1) is 22.5. The summed E-state index contributed by atoms with van der Waals surface area (Å²) in [6, 6.07) is 0.127. The Kier molecular flexibility index (Phi) is 10.4. The largest absolute Gasteiger partial charge is 0.464 e. The number of rotatable bonds is 2. The average molecular weight is 368 g/mol. The fourth-order valence-corrected chi connectivity index (χ4v) is 3.10. The Balaban J connectivity index is 2.83. The molecule has 0 saturated heterocycles. The van der Waals surface area contributed by atoms with Crippen LogP contribution in [0.25, 0.3) is 0 Å². The smallest absolute Gasteiger partial charge is 0.410 e. The van der Waals surface area contributed by atoms with Crippen molar-refractivity contribution in [3.05, 3.63) is 12.2 Å². The molecule has 0 aromatic carbocycles. The van der Waals surface area contributed by atoms with Gasteiger partial charge in [-0.25, -0.2) is 4.79 Å². The molecule has 1 aliphatic rings. The molecule has 0 saturated carbocycles. The highest BCUT2D eigenvalue weighted by Gasteiger charge is 2.27. The second-order valence-electron chi connectivity index (χ2n) is 7.98. The van der Waals surface area contributed by atoms with Gasteiger partial charge in [0.15, 0.2) is 0 Å². The molecule has 0 aromatic heterocycles. The van der Waals surface area contributed by atoms with E-state index >= 15 is 0 Å². The standard InChI is InChI=1S/C21H37NO4/c1-5-13-18-14-11-9-7-6-8-10-12-15-19(23)25-17-16-22(18)20(24)26-21(2,3)4/h6,8,18H,5,7,9-17H2,1-4H3/b8-6-. The molecule has 1 atom stereocenters. The minimum atomic E-state index is -0.535. The summed E-state index contributed by atoms with van der Waals surface area (Å²) in [5, 5.41) is 0. The molecule has 1 unspecified atom stereocenters. The Hall–Kier alpha value is -1.52. The van der Waals surface area contributed by atoms with Crippen LogP contribution in [-0.4, -0.2) is 41.8 Å². The molecule has 0 radical (unpaired) electrons. The van der Waals surface area contributed by atoms with Crippen molar-refractivity contribution in [3.63, 3.8) is 0 Å². The second kappa shape index (κ2) is 12.0. The average Bonchev–Trinajstić information content (AvgIpc) is 2.54. The van der Waals surface area contributed by atoms with Crippen molar-refractivity contribution < 1.29 is 19.1 Å².